The lowest BCUT2D eigenvalue weighted by atomic mass is 10.0. The van der Waals surface area contributed by atoms with Crippen LogP contribution in [0.2, 0.25) is 0 Å². The van der Waals surface area contributed by atoms with E-state index >= 15 is 0 Å². The molecule has 0 radical (unpaired) electrons. The Morgan fingerprint density at radius 2 is 1.56 bits per heavy atom. The van der Waals surface area contributed by atoms with Crippen molar-refractivity contribution in [3.05, 3.63) is 103 Å². The first kappa shape index (κ1) is 26.7. The van der Waals surface area contributed by atoms with Gasteiger partial charge in [-0.1, -0.05) is 61.5 Å². The number of anilines is 1. The third kappa shape index (κ3) is 6.60. The number of aromatic amines is 1. The Balaban J connectivity index is 1.07. The van der Waals surface area contributed by atoms with Crippen LogP contribution in [0.3, 0.4) is 0 Å². The van der Waals surface area contributed by atoms with Crippen LogP contribution in [-0.2, 0) is 16.4 Å². The normalized spacial score (nSPS) is 13.4. The van der Waals surface area contributed by atoms with Crippen molar-refractivity contribution >= 4 is 37.5 Å². The van der Waals surface area contributed by atoms with Crippen LogP contribution in [0.15, 0.2) is 102 Å². The van der Waals surface area contributed by atoms with Crippen molar-refractivity contribution in [2.45, 2.75) is 24.3 Å². The van der Waals surface area contributed by atoms with Crippen LogP contribution >= 0.6 is 0 Å². The molecule has 202 valence electrons. The summed E-state index contributed by atoms with van der Waals surface area (Å²) >= 11 is 0. The van der Waals surface area contributed by atoms with Gasteiger partial charge in [0, 0.05) is 28.5 Å². The minimum atomic E-state index is -3.61. The van der Waals surface area contributed by atoms with E-state index in [-0.39, 0.29) is 11.5 Å². The van der Waals surface area contributed by atoms with Gasteiger partial charge in [0.2, 0.25) is 0 Å². The van der Waals surface area contributed by atoms with Gasteiger partial charge in [0.15, 0.2) is 0 Å². The number of para-hydroxylation sites is 1. The van der Waals surface area contributed by atoms with Gasteiger partial charge in [0.1, 0.15) is 18.5 Å². The molecule has 0 fully saturated rings. The van der Waals surface area contributed by atoms with Crippen molar-refractivity contribution in [3.8, 4) is 5.75 Å². The molecule has 0 bridgehead atoms. The first-order valence-corrected chi connectivity index (χ1v) is 14.6. The number of sulfonamides is 1. The van der Waals surface area contributed by atoms with Crippen LogP contribution in [0.5, 0.6) is 5.75 Å². The fourth-order valence-corrected chi connectivity index (χ4v) is 5.81. The lowest BCUT2D eigenvalue weighted by molar-refractivity contribution is 0.106. The van der Waals surface area contributed by atoms with E-state index in [1.165, 1.54) is 0 Å². The summed E-state index contributed by atoms with van der Waals surface area (Å²) in [6.07, 6.45) is 0.183. The molecule has 1 heterocycles. The Kier molecular flexibility index (Phi) is 8.16. The maximum Gasteiger partial charge on any atom is 0.261 e. The van der Waals surface area contributed by atoms with E-state index in [1.807, 2.05) is 48.5 Å². The number of ether oxygens (including phenoxy) is 1. The van der Waals surface area contributed by atoms with E-state index in [4.69, 9.17) is 4.74 Å². The van der Waals surface area contributed by atoms with E-state index < -0.39 is 16.1 Å². The molecule has 5 aromatic rings. The quantitative estimate of drug-likeness (QED) is 0.170. The largest absolute Gasteiger partial charge is 0.490 e. The van der Waals surface area contributed by atoms with Gasteiger partial charge in [0.05, 0.1) is 10.4 Å². The molecule has 0 aliphatic rings. The highest BCUT2D eigenvalue weighted by molar-refractivity contribution is 7.92. The minimum absolute atomic E-state index is 0.195. The summed E-state index contributed by atoms with van der Waals surface area (Å²) in [5.41, 5.74) is 3.71. The minimum Gasteiger partial charge on any atom is -0.490 e. The van der Waals surface area contributed by atoms with Gasteiger partial charge in [-0.25, -0.2) is 8.42 Å². The molecule has 4 N–H and O–H groups in total. The van der Waals surface area contributed by atoms with Crippen molar-refractivity contribution in [1.29, 1.82) is 0 Å². The summed E-state index contributed by atoms with van der Waals surface area (Å²) in [6, 6.07) is 29.8. The topological polar surface area (TPSA) is 103 Å². The zero-order chi connectivity index (χ0) is 27.2. The number of hydrogen-bond donors (Lipinski definition) is 4. The molecule has 4 aromatic carbocycles. The number of fused-ring (bicyclic) bond motifs is 3. The summed E-state index contributed by atoms with van der Waals surface area (Å²) in [6.45, 7) is 3.49. The monoisotopic (exact) mass is 543 g/mol. The second kappa shape index (κ2) is 11.9. The summed E-state index contributed by atoms with van der Waals surface area (Å²) in [5, 5.41) is 16.0. The Hall–Kier alpha value is -3.85. The molecule has 0 spiro atoms. The number of aromatic nitrogens is 1. The Morgan fingerprint density at radius 1 is 0.846 bits per heavy atom. The molecule has 2 unspecified atom stereocenters. The Morgan fingerprint density at radius 3 is 2.36 bits per heavy atom. The molecule has 1 aromatic heterocycles. The lowest BCUT2D eigenvalue weighted by Gasteiger charge is -2.17. The van der Waals surface area contributed by atoms with Crippen LogP contribution in [0, 0.1) is 5.92 Å². The SMILES string of the molecule is CC(CNCC(O)COc1cccc2[nH]c3ccccc3c12)Cc1ccc(NS(=O)(=O)c2ccccc2)cc1. The summed E-state index contributed by atoms with van der Waals surface area (Å²) in [5.74, 6) is 1.08. The molecule has 0 aliphatic heterocycles. The fourth-order valence-electron chi connectivity index (χ4n) is 4.73. The predicted octanol–water partition coefficient (Wildman–Crippen LogP) is 5.33. The molecular formula is C31H33N3O4S. The highest BCUT2D eigenvalue weighted by Crippen LogP contribution is 2.33. The molecule has 7 nitrogen and oxygen atoms in total. The van der Waals surface area contributed by atoms with Crippen molar-refractivity contribution in [2.75, 3.05) is 24.4 Å². The van der Waals surface area contributed by atoms with Gasteiger partial charge in [-0.3, -0.25) is 4.72 Å². The summed E-state index contributed by atoms with van der Waals surface area (Å²) in [7, 11) is -3.61. The third-order valence-corrected chi connectivity index (χ3v) is 8.04. The number of aliphatic hydroxyl groups is 1. The average Bonchev–Trinajstić information content (AvgIpc) is 3.33. The molecular weight excluding hydrogens is 510 g/mol. The number of rotatable bonds is 12. The highest BCUT2D eigenvalue weighted by Gasteiger charge is 2.14. The second-order valence-corrected chi connectivity index (χ2v) is 11.6. The van der Waals surface area contributed by atoms with Gasteiger partial charge >= 0.3 is 0 Å². The standard InChI is InChI=1S/C31H33N3O4S/c1-22(18-23-14-16-24(17-15-23)34-39(36,37)26-8-3-2-4-9-26)19-32-20-25(35)21-38-30-13-7-12-29-31(30)27-10-5-6-11-28(27)33-29/h2-17,22,25,32-35H,18-21H2,1H3. The predicted molar refractivity (Wildman–Crippen MR) is 157 cm³/mol. The first-order valence-electron chi connectivity index (χ1n) is 13.1. The smallest absolute Gasteiger partial charge is 0.261 e. The molecule has 0 saturated carbocycles. The van der Waals surface area contributed by atoms with Gasteiger partial charge in [-0.2, -0.15) is 0 Å². The van der Waals surface area contributed by atoms with E-state index in [9.17, 15) is 13.5 Å². The van der Waals surface area contributed by atoms with E-state index in [0.717, 1.165) is 46.1 Å². The zero-order valence-corrected chi connectivity index (χ0v) is 22.6. The second-order valence-electron chi connectivity index (χ2n) is 9.90. The van der Waals surface area contributed by atoms with E-state index in [0.29, 0.717) is 18.2 Å². The molecule has 2 atom stereocenters. The molecule has 39 heavy (non-hydrogen) atoms. The highest BCUT2D eigenvalue weighted by atomic mass is 32.2. The van der Waals surface area contributed by atoms with Crippen molar-refractivity contribution < 1.29 is 18.3 Å². The van der Waals surface area contributed by atoms with Gasteiger partial charge < -0.3 is 20.1 Å². The number of aliphatic hydroxyl groups excluding tert-OH is 1. The number of benzene rings is 4. The van der Waals surface area contributed by atoms with E-state index in [1.54, 1.807) is 42.5 Å². The number of nitrogens with one attached hydrogen (secondary N) is 3. The summed E-state index contributed by atoms with van der Waals surface area (Å²) < 4.78 is 33.7. The number of H-pyrrole nitrogens is 1. The van der Waals surface area contributed by atoms with Crippen LogP contribution in [0.25, 0.3) is 21.8 Å². The molecule has 5 rings (SSSR count). The maximum absolute atomic E-state index is 12.5. The third-order valence-electron chi connectivity index (χ3n) is 6.64. The first-order chi connectivity index (χ1) is 18.9. The van der Waals surface area contributed by atoms with Gasteiger partial charge in [0.25, 0.3) is 10.0 Å². The molecule has 0 saturated heterocycles. The maximum atomic E-state index is 12.5. The van der Waals surface area contributed by atoms with Gasteiger partial charge in [-0.05, 0) is 66.9 Å². The fraction of sp³-hybridized carbons (Fsp3) is 0.226. The molecule has 8 heteroatoms. The van der Waals surface area contributed by atoms with Crippen LogP contribution in [-0.4, -0.2) is 44.3 Å². The van der Waals surface area contributed by atoms with Crippen LogP contribution in [0.4, 0.5) is 5.69 Å². The van der Waals surface area contributed by atoms with Crippen LogP contribution < -0.4 is 14.8 Å². The van der Waals surface area contributed by atoms with Crippen LogP contribution in [0.1, 0.15) is 12.5 Å². The Bertz CT molecular complexity index is 1630. The van der Waals surface area contributed by atoms with E-state index in [2.05, 4.69) is 28.0 Å². The summed E-state index contributed by atoms with van der Waals surface area (Å²) in [4.78, 5) is 3.64. The van der Waals surface area contributed by atoms with Crippen molar-refractivity contribution in [2.24, 2.45) is 5.92 Å². The molecule has 0 aliphatic carbocycles. The lowest BCUT2D eigenvalue weighted by Crippen LogP contribution is -2.34. The average molecular weight is 544 g/mol. The molecule has 0 amide bonds. The zero-order valence-electron chi connectivity index (χ0n) is 21.8. The Labute approximate surface area is 228 Å². The van der Waals surface area contributed by atoms with Gasteiger partial charge in [-0.15, -0.1) is 0 Å². The van der Waals surface area contributed by atoms with Crippen molar-refractivity contribution in [3.63, 3.8) is 0 Å². The number of hydrogen-bond acceptors (Lipinski definition) is 5. The van der Waals surface area contributed by atoms with Crippen molar-refractivity contribution in [1.82, 2.24) is 10.3 Å².